The summed E-state index contributed by atoms with van der Waals surface area (Å²) in [6.07, 6.45) is 1.59. The minimum Gasteiger partial charge on any atom is -0.492 e. The zero-order valence-corrected chi connectivity index (χ0v) is 17.1. The number of aromatic nitrogens is 3. The molecular weight excluding hydrogens is 398 g/mol. The van der Waals surface area contributed by atoms with Crippen LogP contribution in [-0.2, 0) is 5.75 Å². The monoisotopic (exact) mass is 417 g/mol. The van der Waals surface area contributed by atoms with Crippen molar-refractivity contribution in [1.82, 2.24) is 20.5 Å². The minimum absolute atomic E-state index is 0.0856. The van der Waals surface area contributed by atoms with Crippen molar-refractivity contribution in [3.05, 3.63) is 59.4 Å². The lowest BCUT2D eigenvalue weighted by molar-refractivity contribution is 0.318. The van der Waals surface area contributed by atoms with Crippen LogP contribution >= 0.6 is 11.8 Å². The topological polar surface area (TPSA) is 134 Å². The second-order valence-electron chi connectivity index (χ2n) is 6.13. The summed E-state index contributed by atoms with van der Waals surface area (Å²) in [5, 5.41) is 30.9. The summed E-state index contributed by atoms with van der Waals surface area (Å²) in [4.78, 5) is 4.30. The Morgan fingerprint density at radius 3 is 2.53 bits per heavy atom. The van der Waals surface area contributed by atoms with Crippen molar-refractivity contribution in [3.63, 3.8) is 0 Å². The molecule has 0 amide bonds. The number of anilines is 1. The number of nitrogens with one attached hydrogen (secondary N) is 1. The molecule has 0 aliphatic rings. The van der Waals surface area contributed by atoms with Crippen LogP contribution in [0.1, 0.15) is 16.8 Å². The molecule has 0 aliphatic carbocycles. The maximum absolute atomic E-state index is 9.85. The molecule has 2 heterocycles. The number of nitrogens with two attached hydrogens (primary N) is 1. The van der Waals surface area contributed by atoms with Crippen molar-refractivity contribution in [3.8, 4) is 29.0 Å². The van der Waals surface area contributed by atoms with Crippen LogP contribution < -0.4 is 15.8 Å². The van der Waals surface area contributed by atoms with Gasteiger partial charge in [-0.25, -0.2) is 4.98 Å². The van der Waals surface area contributed by atoms with E-state index in [0.29, 0.717) is 39.8 Å². The standard InChI is InChI=1S/C21H19N7OS/c1-25-9-10-29-16-6-4-14(5-7-16)19-17(11-22)20(24)27-21(18(19)12-23)30-13-15-3-2-8-26-28-15/h2-8,25H,9-10,13H2,1H3,(H2,24,27). The van der Waals surface area contributed by atoms with E-state index < -0.39 is 0 Å². The third-order valence-electron chi connectivity index (χ3n) is 4.16. The molecule has 3 aromatic rings. The van der Waals surface area contributed by atoms with E-state index in [-0.39, 0.29) is 11.4 Å². The molecule has 0 saturated carbocycles. The molecule has 0 spiro atoms. The van der Waals surface area contributed by atoms with Gasteiger partial charge in [-0.1, -0.05) is 23.9 Å². The molecule has 0 unspecified atom stereocenters. The lowest BCUT2D eigenvalue weighted by Gasteiger charge is -2.13. The predicted molar refractivity (Wildman–Crippen MR) is 115 cm³/mol. The SMILES string of the molecule is CNCCOc1ccc(-c2c(C#N)c(N)nc(SCc3cccnn3)c2C#N)cc1. The molecule has 150 valence electrons. The van der Waals surface area contributed by atoms with Crippen molar-refractivity contribution in [2.24, 2.45) is 0 Å². The van der Waals surface area contributed by atoms with Crippen molar-refractivity contribution in [2.45, 2.75) is 10.8 Å². The molecule has 3 rings (SSSR count). The summed E-state index contributed by atoms with van der Waals surface area (Å²) < 4.78 is 5.64. The highest BCUT2D eigenvalue weighted by molar-refractivity contribution is 7.98. The quantitative estimate of drug-likeness (QED) is 0.419. The number of benzene rings is 1. The molecule has 30 heavy (non-hydrogen) atoms. The number of nitrogens with zero attached hydrogens (tertiary/aromatic N) is 5. The Balaban J connectivity index is 1.97. The van der Waals surface area contributed by atoms with Gasteiger partial charge in [0.1, 0.15) is 40.9 Å². The molecule has 1 aromatic carbocycles. The van der Waals surface area contributed by atoms with E-state index in [2.05, 4.69) is 32.6 Å². The number of ether oxygens (including phenoxy) is 1. The fourth-order valence-electron chi connectivity index (χ4n) is 2.73. The zero-order valence-electron chi connectivity index (χ0n) is 16.3. The van der Waals surface area contributed by atoms with Gasteiger partial charge in [0.25, 0.3) is 0 Å². The van der Waals surface area contributed by atoms with Crippen LogP contribution in [0.4, 0.5) is 5.82 Å². The highest BCUT2D eigenvalue weighted by atomic mass is 32.2. The van der Waals surface area contributed by atoms with Crippen molar-refractivity contribution >= 4 is 17.6 Å². The minimum atomic E-state index is 0.0856. The number of hydrogen-bond acceptors (Lipinski definition) is 9. The van der Waals surface area contributed by atoms with Crippen molar-refractivity contribution < 1.29 is 4.74 Å². The molecule has 9 heteroatoms. The van der Waals surface area contributed by atoms with Gasteiger partial charge in [0, 0.05) is 24.1 Å². The number of nitriles is 2. The molecule has 8 nitrogen and oxygen atoms in total. The van der Waals surface area contributed by atoms with Gasteiger partial charge < -0.3 is 15.8 Å². The largest absolute Gasteiger partial charge is 0.492 e. The average molecular weight is 417 g/mol. The summed E-state index contributed by atoms with van der Waals surface area (Å²) in [7, 11) is 1.85. The van der Waals surface area contributed by atoms with E-state index in [1.807, 2.05) is 25.2 Å². The van der Waals surface area contributed by atoms with Crippen LogP contribution in [0.2, 0.25) is 0 Å². The number of pyridine rings is 1. The van der Waals surface area contributed by atoms with E-state index in [1.165, 1.54) is 11.8 Å². The first kappa shape index (κ1) is 21.1. The Labute approximate surface area is 178 Å². The summed E-state index contributed by atoms with van der Waals surface area (Å²) >= 11 is 1.33. The van der Waals surface area contributed by atoms with Crippen LogP contribution in [0.3, 0.4) is 0 Å². The van der Waals surface area contributed by atoms with Crippen LogP contribution in [-0.4, -0.2) is 35.4 Å². The van der Waals surface area contributed by atoms with Gasteiger partial charge in [-0.3, -0.25) is 0 Å². The highest BCUT2D eigenvalue weighted by Gasteiger charge is 2.20. The number of thioether (sulfide) groups is 1. The molecular formula is C21H19N7OS. The Kier molecular flexibility index (Phi) is 7.17. The molecule has 0 bridgehead atoms. The van der Waals surface area contributed by atoms with E-state index in [1.54, 1.807) is 24.4 Å². The normalized spacial score (nSPS) is 10.2. The molecule has 0 radical (unpaired) electrons. The Morgan fingerprint density at radius 1 is 1.13 bits per heavy atom. The first-order valence-electron chi connectivity index (χ1n) is 9.08. The first-order chi connectivity index (χ1) is 14.7. The van der Waals surface area contributed by atoms with Gasteiger partial charge in [-0.2, -0.15) is 20.7 Å². The molecule has 2 aromatic heterocycles. The maximum Gasteiger partial charge on any atom is 0.143 e. The summed E-state index contributed by atoms with van der Waals surface area (Å²) in [6.45, 7) is 1.26. The number of nitrogen functional groups attached to an aromatic ring is 1. The van der Waals surface area contributed by atoms with E-state index in [9.17, 15) is 10.5 Å². The molecule has 0 saturated heterocycles. The first-order valence-corrected chi connectivity index (χ1v) is 10.1. The predicted octanol–water partition coefficient (Wildman–Crippen LogP) is 2.75. The van der Waals surface area contributed by atoms with Gasteiger partial charge in [0.05, 0.1) is 11.3 Å². The van der Waals surface area contributed by atoms with Crippen LogP contribution in [0.5, 0.6) is 5.75 Å². The zero-order chi connectivity index (χ0) is 21.3. The second kappa shape index (κ2) is 10.2. The fraction of sp³-hybridized carbons (Fsp3) is 0.190. The van der Waals surface area contributed by atoms with Gasteiger partial charge in [-0.15, -0.1) is 0 Å². The Hall–Kier alpha value is -3.66. The third kappa shape index (κ3) is 4.84. The van der Waals surface area contributed by atoms with E-state index in [4.69, 9.17) is 10.5 Å². The molecule has 0 aliphatic heterocycles. The average Bonchev–Trinajstić information content (AvgIpc) is 2.78. The van der Waals surface area contributed by atoms with Crippen LogP contribution in [0.25, 0.3) is 11.1 Å². The Bertz CT molecular complexity index is 1090. The van der Waals surface area contributed by atoms with Crippen molar-refractivity contribution in [1.29, 1.82) is 10.5 Å². The second-order valence-corrected chi connectivity index (χ2v) is 7.09. The summed E-state index contributed by atoms with van der Waals surface area (Å²) in [5.74, 6) is 1.26. The molecule has 0 fully saturated rings. The van der Waals surface area contributed by atoms with Gasteiger partial charge in [-0.05, 0) is 36.9 Å². The highest BCUT2D eigenvalue weighted by Crippen LogP contribution is 2.36. The molecule has 3 N–H and O–H groups in total. The number of likely N-dealkylation sites (N-methyl/N-ethyl adjacent to an activating group) is 1. The van der Waals surface area contributed by atoms with Gasteiger partial charge in [0.15, 0.2) is 0 Å². The van der Waals surface area contributed by atoms with Crippen molar-refractivity contribution in [2.75, 3.05) is 25.9 Å². The van der Waals surface area contributed by atoms with Crippen LogP contribution in [0, 0.1) is 22.7 Å². The van der Waals surface area contributed by atoms with Gasteiger partial charge in [0.2, 0.25) is 0 Å². The maximum atomic E-state index is 9.85. The summed E-state index contributed by atoms with van der Waals surface area (Å²) in [6, 6.07) is 15.1. The lowest BCUT2D eigenvalue weighted by atomic mass is 9.97. The fourth-order valence-corrected chi connectivity index (χ4v) is 3.63. The van der Waals surface area contributed by atoms with Crippen LogP contribution in [0.15, 0.2) is 47.6 Å². The van der Waals surface area contributed by atoms with E-state index >= 15 is 0 Å². The Morgan fingerprint density at radius 2 is 1.90 bits per heavy atom. The number of hydrogen-bond donors (Lipinski definition) is 2. The third-order valence-corrected chi connectivity index (χ3v) is 5.17. The smallest absolute Gasteiger partial charge is 0.143 e. The lowest BCUT2D eigenvalue weighted by Crippen LogP contribution is -2.15. The van der Waals surface area contributed by atoms with E-state index in [0.717, 1.165) is 12.2 Å². The number of rotatable bonds is 8. The summed E-state index contributed by atoms with van der Waals surface area (Å²) in [5.41, 5.74) is 8.45. The molecule has 0 atom stereocenters. The van der Waals surface area contributed by atoms with Gasteiger partial charge >= 0.3 is 0 Å².